The molecule has 0 heterocycles. The first-order valence-corrected chi connectivity index (χ1v) is 4.90. The fourth-order valence-corrected chi connectivity index (χ4v) is 1.26. The Labute approximate surface area is 102 Å². The highest BCUT2D eigenvalue weighted by atomic mass is 35.5. The molecule has 1 aromatic rings. The smallest absolute Gasteiger partial charge is 0.224 e. The van der Waals surface area contributed by atoms with Crippen molar-refractivity contribution < 1.29 is 9.53 Å². The molecule has 0 saturated heterocycles. The van der Waals surface area contributed by atoms with Crippen LogP contribution in [0.2, 0.25) is 0 Å². The Morgan fingerprint density at radius 2 is 2.19 bits per heavy atom. The third-order valence-corrected chi connectivity index (χ3v) is 1.99. The molecule has 1 amide bonds. The minimum absolute atomic E-state index is 0. The molecule has 0 aliphatic heterocycles. The van der Waals surface area contributed by atoms with Gasteiger partial charge in [-0.1, -0.05) is 6.92 Å². The van der Waals surface area contributed by atoms with E-state index in [-0.39, 0.29) is 18.3 Å². The molecule has 1 rings (SSSR count). The molecule has 5 heteroatoms. The molecule has 0 fully saturated rings. The van der Waals surface area contributed by atoms with Crippen LogP contribution in [0.25, 0.3) is 0 Å². The Hall–Kier alpha value is -1.42. The van der Waals surface area contributed by atoms with Crippen molar-refractivity contribution in [3.05, 3.63) is 18.2 Å². The minimum Gasteiger partial charge on any atom is -0.495 e. The number of ether oxygens (including phenoxy) is 1. The number of rotatable bonds is 4. The van der Waals surface area contributed by atoms with E-state index in [4.69, 9.17) is 10.5 Å². The van der Waals surface area contributed by atoms with Crippen molar-refractivity contribution >= 4 is 29.7 Å². The second kappa shape index (κ2) is 6.95. The van der Waals surface area contributed by atoms with E-state index in [1.165, 1.54) is 0 Å². The van der Waals surface area contributed by atoms with Gasteiger partial charge in [0.2, 0.25) is 5.91 Å². The summed E-state index contributed by atoms with van der Waals surface area (Å²) < 4.78 is 5.01. The largest absolute Gasteiger partial charge is 0.495 e. The maximum absolute atomic E-state index is 11.3. The topological polar surface area (TPSA) is 64.3 Å². The van der Waals surface area contributed by atoms with Crippen LogP contribution in [0.3, 0.4) is 0 Å². The highest BCUT2D eigenvalue weighted by molar-refractivity contribution is 5.91. The average molecular weight is 245 g/mol. The van der Waals surface area contributed by atoms with Gasteiger partial charge in [-0.25, -0.2) is 0 Å². The van der Waals surface area contributed by atoms with E-state index in [9.17, 15) is 4.79 Å². The Morgan fingerprint density at radius 1 is 1.50 bits per heavy atom. The SMILES string of the molecule is CCCC(=O)Nc1ccc(OC)c(N)c1.Cl. The molecule has 0 aliphatic carbocycles. The summed E-state index contributed by atoms with van der Waals surface area (Å²) in [4.78, 5) is 11.3. The summed E-state index contributed by atoms with van der Waals surface area (Å²) in [6.45, 7) is 1.96. The van der Waals surface area contributed by atoms with Crippen molar-refractivity contribution in [3.8, 4) is 5.75 Å². The van der Waals surface area contributed by atoms with Gasteiger partial charge < -0.3 is 15.8 Å². The van der Waals surface area contributed by atoms with Crippen molar-refractivity contribution in [2.45, 2.75) is 19.8 Å². The van der Waals surface area contributed by atoms with Crippen LogP contribution in [-0.2, 0) is 4.79 Å². The summed E-state index contributed by atoms with van der Waals surface area (Å²) >= 11 is 0. The molecule has 0 radical (unpaired) electrons. The van der Waals surface area contributed by atoms with E-state index in [0.717, 1.165) is 6.42 Å². The highest BCUT2D eigenvalue weighted by Gasteiger charge is 2.03. The Balaban J connectivity index is 0.00000225. The van der Waals surface area contributed by atoms with Crippen LogP contribution in [0.5, 0.6) is 5.75 Å². The third kappa shape index (κ3) is 3.98. The first-order chi connectivity index (χ1) is 7.17. The van der Waals surface area contributed by atoms with Gasteiger partial charge in [-0.2, -0.15) is 0 Å². The van der Waals surface area contributed by atoms with Crippen molar-refractivity contribution in [2.24, 2.45) is 0 Å². The van der Waals surface area contributed by atoms with E-state index in [0.29, 0.717) is 23.5 Å². The molecule has 0 bridgehead atoms. The van der Waals surface area contributed by atoms with Crippen molar-refractivity contribution in [3.63, 3.8) is 0 Å². The lowest BCUT2D eigenvalue weighted by Gasteiger charge is -2.08. The molecule has 16 heavy (non-hydrogen) atoms. The van der Waals surface area contributed by atoms with Crippen LogP contribution in [-0.4, -0.2) is 13.0 Å². The minimum atomic E-state index is 0. The summed E-state index contributed by atoms with van der Waals surface area (Å²) in [5, 5.41) is 2.76. The number of hydrogen-bond donors (Lipinski definition) is 2. The molecule has 90 valence electrons. The lowest BCUT2D eigenvalue weighted by Crippen LogP contribution is -2.10. The van der Waals surface area contributed by atoms with Crippen LogP contribution in [0.1, 0.15) is 19.8 Å². The Bertz CT molecular complexity index is 356. The number of benzene rings is 1. The van der Waals surface area contributed by atoms with Crippen LogP contribution in [0.15, 0.2) is 18.2 Å². The van der Waals surface area contributed by atoms with Crippen LogP contribution in [0.4, 0.5) is 11.4 Å². The third-order valence-electron chi connectivity index (χ3n) is 1.99. The van der Waals surface area contributed by atoms with E-state index < -0.39 is 0 Å². The zero-order chi connectivity index (χ0) is 11.3. The number of carbonyl (C=O) groups excluding carboxylic acids is 1. The molecule has 0 aliphatic rings. The maximum Gasteiger partial charge on any atom is 0.224 e. The first kappa shape index (κ1) is 14.6. The lowest BCUT2D eigenvalue weighted by atomic mass is 10.2. The molecule has 4 nitrogen and oxygen atoms in total. The number of hydrogen-bond acceptors (Lipinski definition) is 3. The number of amides is 1. The lowest BCUT2D eigenvalue weighted by molar-refractivity contribution is -0.116. The fraction of sp³-hybridized carbons (Fsp3) is 0.364. The van der Waals surface area contributed by atoms with Gasteiger partial charge in [0.05, 0.1) is 12.8 Å². The quantitative estimate of drug-likeness (QED) is 0.800. The zero-order valence-electron chi connectivity index (χ0n) is 9.45. The molecule has 0 spiro atoms. The normalized spacial score (nSPS) is 9.12. The number of nitrogen functional groups attached to an aromatic ring is 1. The van der Waals surface area contributed by atoms with Gasteiger partial charge in [0.15, 0.2) is 0 Å². The molecule has 1 aromatic carbocycles. The Kier molecular flexibility index (Phi) is 6.34. The van der Waals surface area contributed by atoms with Crippen molar-refractivity contribution in [2.75, 3.05) is 18.2 Å². The average Bonchev–Trinajstić information content (AvgIpc) is 2.18. The van der Waals surface area contributed by atoms with Gasteiger partial charge in [-0.05, 0) is 24.6 Å². The molecule has 0 unspecified atom stereocenters. The van der Waals surface area contributed by atoms with Crippen LogP contribution in [0, 0.1) is 0 Å². The zero-order valence-corrected chi connectivity index (χ0v) is 10.3. The van der Waals surface area contributed by atoms with E-state index in [1.807, 2.05) is 6.92 Å². The summed E-state index contributed by atoms with van der Waals surface area (Å²) in [5.74, 6) is 0.616. The fourth-order valence-electron chi connectivity index (χ4n) is 1.26. The number of anilines is 2. The van der Waals surface area contributed by atoms with E-state index in [2.05, 4.69) is 5.32 Å². The standard InChI is InChI=1S/C11H16N2O2.ClH/c1-3-4-11(14)13-8-5-6-10(15-2)9(12)7-8;/h5-7H,3-4,12H2,1-2H3,(H,13,14);1H. The summed E-state index contributed by atoms with van der Waals surface area (Å²) in [5.41, 5.74) is 6.93. The number of nitrogens with two attached hydrogens (primary N) is 1. The van der Waals surface area contributed by atoms with E-state index >= 15 is 0 Å². The van der Waals surface area contributed by atoms with Gasteiger partial charge in [0.1, 0.15) is 5.75 Å². The molecule has 0 aromatic heterocycles. The van der Waals surface area contributed by atoms with Gasteiger partial charge in [-0.3, -0.25) is 4.79 Å². The highest BCUT2D eigenvalue weighted by Crippen LogP contribution is 2.24. The summed E-state index contributed by atoms with van der Waals surface area (Å²) in [6.07, 6.45) is 1.35. The molecular formula is C11H17ClN2O2. The monoisotopic (exact) mass is 244 g/mol. The van der Waals surface area contributed by atoms with E-state index in [1.54, 1.807) is 25.3 Å². The first-order valence-electron chi connectivity index (χ1n) is 4.90. The predicted octanol–water partition coefficient (Wildman–Crippen LogP) is 2.44. The molecule has 0 atom stereocenters. The van der Waals surface area contributed by atoms with Gasteiger partial charge in [-0.15, -0.1) is 12.4 Å². The molecular weight excluding hydrogens is 228 g/mol. The van der Waals surface area contributed by atoms with Gasteiger partial charge in [0, 0.05) is 12.1 Å². The predicted molar refractivity (Wildman–Crippen MR) is 68.2 cm³/mol. The van der Waals surface area contributed by atoms with Crippen molar-refractivity contribution in [1.29, 1.82) is 0 Å². The number of halogens is 1. The number of carbonyl (C=O) groups is 1. The van der Waals surface area contributed by atoms with Crippen LogP contribution >= 0.6 is 12.4 Å². The van der Waals surface area contributed by atoms with Gasteiger partial charge >= 0.3 is 0 Å². The number of nitrogens with one attached hydrogen (secondary N) is 1. The van der Waals surface area contributed by atoms with Crippen LogP contribution < -0.4 is 15.8 Å². The number of methoxy groups -OCH3 is 1. The van der Waals surface area contributed by atoms with Crippen molar-refractivity contribution in [1.82, 2.24) is 0 Å². The summed E-state index contributed by atoms with van der Waals surface area (Å²) in [6, 6.07) is 5.19. The maximum atomic E-state index is 11.3. The second-order valence-corrected chi connectivity index (χ2v) is 3.25. The Morgan fingerprint density at radius 3 is 2.69 bits per heavy atom. The van der Waals surface area contributed by atoms with Gasteiger partial charge in [0.25, 0.3) is 0 Å². The second-order valence-electron chi connectivity index (χ2n) is 3.25. The molecule has 0 saturated carbocycles. The molecule has 3 N–H and O–H groups in total. The summed E-state index contributed by atoms with van der Waals surface area (Å²) in [7, 11) is 1.56.